The van der Waals surface area contributed by atoms with Gasteiger partial charge in [0, 0.05) is 5.69 Å². The summed E-state index contributed by atoms with van der Waals surface area (Å²) in [5, 5.41) is 3.52. The third-order valence-electron chi connectivity index (χ3n) is 2.62. The molecule has 2 rings (SSSR count). The molecule has 2 aromatic carbocycles. The third-order valence-corrected chi connectivity index (χ3v) is 3.14. The van der Waals surface area contributed by atoms with Crippen LogP contribution < -0.4 is 15.8 Å². The number of benzene rings is 2. The molecule has 0 radical (unpaired) electrons. The van der Waals surface area contributed by atoms with Gasteiger partial charge in [-0.15, -0.1) is 0 Å². The van der Waals surface area contributed by atoms with Crippen LogP contribution in [0.4, 0.5) is 20.2 Å². The molecule has 0 bridgehead atoms. The van der Waals surface area contributed by atoms with E-state index >= 15 is 0 Å². The normalized spacial score (nSPS) is 10.5. The fraction of sp³-hybridized carbons (Fsp3) is 0.0714. The first-order chi connectivity index (χ1) is 9.97. The predicted molar refractivity (Wildman–Crippen MR) is 83.7 cm³/mol. The van der Waals surface area contributed by atoms with Crippen molar-refractivity contribution in [2.24, 2.45) is 5.73 Å². The van der Waals surface area contributed by atoms with Crippen LogP contribution in [-0.4, -0.2) is 11.6 Å². The number of rotatable bonds is 5. The summed E-state index contributed by atoms with van der Waals surface area (Å²) >= 11 is 11.0. The average Bonchev–Trinajstić information content (AvgIpc) is 2.40. The molecule has 0 unspecified atom stereocenters. The lowest BCUT2D eigenvalue weighted by molar-refractivity contribution is -0.0498. The van der Waals surface area contributed by atoms with Crippen LogP contribution in [0, 0.1) is 0 Å². The summed E-state index contributed by atoms with van der Waals surface area (Å²) in [6.45, 7) is -2.85. The minimum Gasteiger partial charge on any atom is -0.435 e. The summed E-state index contributed by atoms with van der Waals surface area (Å²) in [6.07, 6.45) is 0. The summed E-state index contributed by atoms with van der Waals surface area (Å²) in [6, 6.07) is 11.3. The van der Waals surface area contributed by atoms with Crippen LogP contribution in [0.5, 0.6) is 5.75 Å². The van der Waals surface area contributed by atoms with E-state index in [1.807, 2.05) is 0 Å². The van der Waals surface area contributed by atoms with Crippen molar-refractivity contribution < 1.29 is 13.5 Å². The maximum Gasteiger partial charge on any atom is 0.387 e. The highest BCUT2D eigenvalue weighted by atomic mass is 35.5. The van der Waals surface area contributed by atoms with Crippen molar-refractivity contribution in [2.75, 3.05) is 5.32 Å². The van der Waals surface area contributed by atoms with Crippen molar-refractivity contribution in [3.63, 3.8) is 0 Å². The van der Waals surface area contributed by atoms with Gasteiger partial charge in [-0.2, -0.15) is 8.78 Å². The average molecular weight is 329 g/mol. The Balaban J connectivity index is 2.22. The van der Waals surface area contributed by atoms with Gasteiger partial charge in [0.1, 0.15) is 10.7 Å². The highest BCUT2D eigenvalue weighted by molar-refractivity contribution is 7.80. The number of halogens is 3. The van der Waals surface area contributed by atoms with E-state index in [1.54, 1.807) is 30.3 Å². The van der Waals surface area contributed by atoms with E-state index in [2.05, 4.69) is 10.1 Å². The van der Waals surface area contributed by atoms with Gasteiger partial charge in [0.25, 0.3) is 0 Å². The molecule has 0 aliphatic rings. The quantitative estimate of drug-likeness (QED) is 0.802. The van der Waals surface area contributed by atoms with E-state index in [0.717, 1.165) is 0 Å². The van der Waals surface area contributed by atoms with E-state index in [1.165, 1.54) is 12.1 Å². The lowest BCUT2D eigenvalue weighted by Gasteiger charge is -2.13. The van der Waals surface area contributed by atoms with Crippen molar-refractivity contribution in [1.82, 2.24) is 0 Å². The molecule has 3 N–H and O–H groups in total. The molecule has 0 atom stereocenters. The van der Waals surface area contributed by atoms with Crippen molar-refractivity contribution >= 4 is 40.2 Å². The number of alkyl halides is 2. The van der Waals surface area contributed by atoms with Crippen LogP contribution in [-0.2, 0) is 0 Å². The molecule has 7 heteroatoms. The summed E-state index contributed by atoms with van der Waals surface area (Å²) in [4.78, 5) is 0.167. The second-order valence-electron chi connectivity index (χ2n) is 4.05. The Kier molecular flexibility index (Phi) is 4.93. The number of anilines is 2. The standard InChI is InChI=1S/C14H11ClF2N2OS/c15-10-2-1-3-11(12(10)13(18)21)19-8-4-6-9(7-5-8)20-14(16)17/h1-7,14,19H,(H2,18,21). The molecule has 0 saturated heterocycles. The van der Waals surface area contributed by atoms with Gasteiger partial charge in [-0.25, -0.2) is 0 Å². The minimum absolute atomic E-state index is 0.0798. The molecular formula is C14H11ClF2N2OS. The zero-order chi connectivity index (χ0) is 15.4. The first-order valence-electron chi connectivity index (χ1n) is 5.87. The van der Waals surface area contributed by atoms with Crippen LogP contribution >= 0.6 is 23.8 Å². The molecule has 0 heterocycles. The van der Waals surface area contributed by atoms with E-state index in [-0.39, 0.29) is 10.7 Å². The summed E-state index contributed by atoms with van der Waals surface area (Å²) in [7, 11) is 0. The molecule has 3 nitrogen and oxygen atoms in total. The second kappa shape index (κ2) is 6.69. The van der Waals surface area contributed by atoms with Gasteiger partial charge < -0.3 is 15.8 Å². The molecule has 0 spiro atoms. The Hall–Kier alpha value is -1.92. The van der Waals surface area contributed by atoms with Crippen molar-refractivity contribution in [3.8, 4) is 5.75 Å². The first-order valence-corrected chi connectivity index (χ1v) is 6.66. The van der Waals surface area contributed by atoms with Gasteiger partial charge in [0.05, 0.1) is 16.3 Å². The highest BCUT2D eigenvalue weighted by Crippen LogP contribution is 2.28. The zero-order valence-electron chi connectivity index (χ0n) is 10.6. The second-order valence-corrected chi connectivity index (χ2v) is 4.90. The number of thiocarbonyl (C=S) groups is 1. The van der Waals surface area contributed by atoms with Crippen LogP contribution in [0.25, 0.3) is 0 Å². The summed E-state index contributed by atoms with van der Waals surface area (Å²) in [5.74, 6) is 0.0798. The Labute approximate surface area is 130 Å². The predicted octanol–water partition coefficient (Wildman–Crippen LogP) is 4.32. The smallest absolute Gasteiger partial charge is 0.387 e. The van der Waals surface area contributed by atoms with Crippen molar-refractivity contribution in [1.29, 1.82) is 0 Å². The minimum atomic E-state index is -2.85. The van der Waals surface area contributed by atoms with E-state index < -0.39 is 6.61 Å². The SMILES string of the molecule is NC(=S)c1c(Cl)cccc1Nc1ccc(OC(F)F)cc1. The number of nitrogens with one attached hydrogen (secondary N) is 1. The molecule has 2 aromatic rings. The topological polar surface area (TPSA) is 47.3 Å². The fourth-order valence-corrected chi connectivity index (χ4v) is 2.31. The van der Waals surface area contributed by atoms with Crippen molar-refractivity contribution in [3.05, 3.63) is 53.1 Å². The van der Waals surface area contributed by atoms with Gasteiger partial charge in [0.2, 0.25) is 0 Å². The molecule has 0 amide bonds. The molecule has 0 aromatic heterocycles. The molecule has 0 aliphatic carbocycles. The van der Waals surface area contributed by atoms with Gasteiger partial charge in [-0.1, -0.05) is 29.9 Å². The van der Waals surface area contributed by atoms with Crippen LogP contribution in [0.1, 0.15) is 5.56 Å². The Morgan fingerprint density at radius 2 is 1.86 bits per heavy atom. The number of ether oxygens (including phenoxy) is 1. The van der Waals surface area contributed by atoms with E-state index in [9.17, 15) is 8.78 Å². The van der Waals surface area contributed by atoms with Gasteiger partial charge >= 0.3 is 6.61 Å². The molecule has 110 valence electrons. The Bertz CT molecular complexity index is 650. The molecule has 0 fully saturated rings. The summed E-state index contributed by atoms with van der Waals surface area (Å²) in [5.41, 5.74) is 7.48. The molecule has 0 aliphatic heterocycles. The van der Waals surface area contributed by atoms with Gasteiger partial charge in [-0.05, 0) is 36.4 Å². The third kappa shape index (κ3) is 4.03. The fourth-order valence-electron chi connectivity index (χ4n) is 1.75. The Morgan fingerprint density at radius 1 is 1.19 bits per heavy atom. The van der Waals surface area contributed by atoms with E-state index in [4.69, 9.17) is 29.6 Å². The van der Waals surface area contributed by atoms with Crippen LogP contribution in [0.2, 0.25) is 5.02 Å². The lowest BCUT2D eigenvalue weighted by atomic mass is 10.1. The summed E-state index contributed by atoms with van der Waals surface area (Å²) < 4.78 is 28.4. The van der Waals surface area contributed by atoms with Crippen LogP contribution in [0.3, 0.4) is 0 Å². The maximum atomic E-state index is 12.1. The number of hydrogen-bond acceptors (Lipinski definition) is 3. The lowest BCUT2D eigenvalue weighted by Crippen LogP contribution is -2.12. The first kappa shape index (κ1) is 15.5. The number of nitrogens with two attached hydrogens (primary N) is 1. The Morgan fingerprint density at radius 3 is 2.43 bits per heavy atom. The van der Waals surface area contributed by atoms with Crippen LogP contribution in [0.15, 0.2) is 42.5 Å². The molecular weight excluding hydrogens is 318 g/mol. The molecule has 0 saturated carbocycles. The largest absolute Gasteiger partial charge is 0.435 e. The number of hydrogen-bond donors (Lipinski definition) is 2. The zero-order valence-corrected chi connectivity index (χ0v) is 12.2. The van der Waals surface area contributed by atoms with Crippen molar-refractivity contribution in [2.45, 2.75) is 6.61 Å². The van der Waals surface area contributed by atoms with E-state index in [0.29, 0.717) is 22.0 Å². The molecule has 21 heavy (non-hydrogen) atoms. The van der Waals surface area contributed by atoms with Gasteiger partial charge in [0.15, 0.2) is 0 Å². The monoisotopic (exact) mass is 328 g/mol. The maximum absolute atomic E-state index is 12.1. The highest BCUT2D eigenvalue weighted by Gasteiger charge is 2.10. The van der Waals surface area contributed by atoms with Gasteiger partial charge in [-0.3, -0.25) is 0 Å².